The molecular weight excluding hydrogens is 336 g/mol. The van der Waals surface area contributed by atoms with E-state index in [9.17, 15) is 14.9 Å². The number of nitrogens with zero attached hydrogens (tertiary/aromatic N) is 2. The van der Waals surface area contributed by atoms with E-state index in [1.807, 2.05) is 6.07 Å². The van der Waals surface area contributed by atoms with Crippen LogP contribution in [0.3, 0.4) is 0 Å². The van der Waals surface area contributed by atoms with Crippen LogP contribution >= 0.6 is 0 Å². The van der Waals surface area contributed by atoms with Crippen molar-refractivity contribution in [1.29, 1.82) is 0 Å². The zero-order valence-electron chi connectivity index (χ0n) is 14.3. The third kappa shape index (κ3) is 3.32. The summed E-state index contributed by atoms with van der Waals surface area (Å²) in [7, 11) is 1.56. The molecule has 0 unspecified atom stereocenters. The van der Waals surface area contributed by atoms with Crippen molar-refractivity contribution in [3.8, 4) is 16.9 Å². The Morgan fingerprint density at radius 1 is 1.15 bits per heavy atom. The molecule has 0 saturated carbocycles. The summed E-state index contributed by atoms with van der Waals surface area (Å²) in [4.78, 5) is 26.9. The van der Waals surface area contributed by atoms with Gasteiger partial charge < -0.3 is 9.47 Å². The van der Waals surface area contributed by atoms with Crippen LogP contribution in [-0.2, 0) is 4.74 Å². The predicted molar refractivity (Wildman–Crippen MR) is 96.3 cm³/mol. The SMILES string of the molecule is CCOC(=O)c1cc(-c2ccc([N+](=O)[O-])cc2)c2cc(OC)ccc2n1. The molecule has 3 aromatic rings. The fraction of sp³-hybridized carbons (Fsp3) is 0.158. The fourth-order valence-electron chi connectivity index (χ4n) is 2.64. The summed E-state index contributed by atoms with van der Waals surface area (Å²) in [6, 6.07) is 13.1. The highest BCUT2D eigenvalue weighted by atomic mass is 16.6. The van der Waals surface area contributed by atoms with Gasteiger partial charge in [0.15, 0.2) is 0 Å². The molecule has 0 radical (unpaired) electrons. The number of pyridine rings is 1. The lowest BCUT2D eigenvalue weighted by molar-refractivity contribution is -0.384. The highest BCUT2D eigenvalue weighted by Gasteiger charge is 2.15. The lowest BCUT2D eigenvalue weighted by Crippen LogP contribution is -2.07. The maximum absolute atomic E-state index is 12.1. The van der Waals surface area contributed by atoms with Crippen LogP contribution in [0.2, 0.25) is 0 Å². The van der Waals surface area contributed by atoms with Crippen molar-refractivity contribution in [3.63, 3.8) is 0 Å². The van der Waals surface area contributed by atoms with E-state index in [1.165, 1.54) is 12.1 Å². The number of rotatable bonds is 5. The van der Waals surface area contributed by atoms with Gasteiger partial charge in [0.25, 0.3) is 5.69 Å². The average Bonchev–Trinajstić information content (AvgIpc) is 2.67. The topological polar surface area (TPSA) is 91.6 Å². The Kier molecular flexibility index (Phi) is 4.79. The van der Waals surface area contributed by atoms with Crippen LogP contribution in [0.15, 0.2) is 48.5 Å². The summed E-state index contributed by atoms with van der Waals surface area (Å²) in [6.45, 7) is 1.97. The van der Waals surface area contributed by atoms with E-state index in [4.69, 9.17) is 9.47 Å². The van der Waals surface area contributed by atoms with Gasteiger partial charge in [-0.15, -0.1) is 0 Å². The second-order valence-electron chi connectivity index (χ2n) is 5.46. The molecule has 1 aromatic heterocycles. The quantitative estimate of drug-likeness (QED) is 0.392. The fourth-order valence-corrected chi connectivity index (χ4v) is 2.64. The van der Waals surface area contributed by atoms with Gasteiger partial charge in [-0.2, -0.15) is 0 Å². The number of nitro benzene ring substituents is 1. The van der Waals surface area contributed by atoms with Crippen molar-refractivity contribution < 1.29 is 19.2 Å². The molecule has 0 amide bonds. The molecule has 7 heteroatoms. The molecule has 0 spiro atoms. The Hall–Kier alpha value is -3.48. The number of fused-ring (bicyclic) bond motifs is 1. The van der Waals surface area contributed by atoms with Gasteiger partial charge in [-0.25, -0.2) is 9.78 Å². The van der Waals surface area contributed by atoms with Crippen molar-refractivity contribution in [1.82, 2.24) is 4.98 Å². The van der Waals surface area contributed by atoms with E-state index in [0.29, 0.717) is 16.8 Å². The number of non-ortho nitro benzene ring substituents is 1. The first-order valence-electron chi connectivity index (χ1n) is 7.94. The number of nitro groups is 1. The largest absolute Gasteiger partial charge is 0.497 e. The molecule has 0 bridgehead atoms. The molecule has 2 aromatic carbocycles. The monoisotopic (exact) mass is 352 g/mol. The van der Waals surface area contributed by atoms with E-state index in [2.05, 4.69) is 4.98 Å². The van der Waals surface area contributed by atoms with Crippen LogP contribution in [0.5, 0.6) is 5.75 Å². The molecule has 132 valence electrons. The summed E-state index contributed by atoms with van der Waals surface area (Å²) >= 11 is 0. The average molecular weight is 352 g/mol. The molecule has 26 heavy (non-hydrogen) atoms. The maximum atomic E-state index is 12.1. The molecule has 0 aliphatic rings. The number of methoxy groups -OCH3 is 1. The zero-order chi connectivity index (χ0) is 18.7. The highest BCUT2D eigenvalue weighted by molar-refractivity contribution is 6.00. The summed E-state index contributed by atoms with van der Waals surface area (Å²) < 4.78 is 10.3. The molecule has 0 aliphatic heterocycles. The molecule has 0 saturated heterocycles. The van der Waals surface area contributed by atoms with Crippen molar-refractivity contribution in [2.24, 2.45) is 0 Å². The minimum atomic E-state index is -0.520. The summed E-state index contributed by atoms with van der Waals surface area (Å²) in [5.74, 6) is 0.125. The first kappa shape index (κ1) is 17.3. The molecule has 0 atom stereocenters. The Balaban J connectivity index is 2.22. The van der Waals surface area contributed by atoms with E-state index in [1.54, 1.807) is 44.4 Å². The van der Waals surface area contributed by atoms with Gasteiger partial charge in [-0.3, -0.25) is 10.1 Å². The number of esters is 1. The van der Waals surface area contributed by atoms with Gasteiger partial charge >= 0.3 is 5.97 Å². The third-order valence-electron chi connectivity index (χ3n) is 3.89. The van der Waals surface area contributed by atoms with Crippen LogP contribution in [0.4, 0.5) is 5.69 Å². The maximum Gasteiger partial charge on any atom is 0.356 e. The van der Waals surface area contributed by atoms with E-state index in [-0.39, 0.29) is 18.0 Å². The van der Waals surface area contributed by atoms with Gasteiger partial charge in [-0.05, 0) is 54.4 Å². The smallest absolute Gasteiger partial charge is 0.356 e. The second-order valence-corrected chi connectivity index (χ2v) is 5.46. The van der Waals surface area contributed by atoms with Gasteiger partial charge in [0.05, 0.1) is 24.2 Å². The normalized spacial score (nSPS) is 10.5. The van der Waals surface area contributed by atoms with Gasteiger partial charge in [0.2, 0.25) is 0 Å². The zero-order valence-corrected chi connectivity index (χ0v) is 14.3. The predicted octanol–water partition coefficient (Wildman–Crippen LogP) is 4.00. The molecule has 0 fully saturated rings. The number of benzene rings is 2. The summed E-state index contributed by atoms with van der Waals surface area (Å²) in [6.07, 6.45) is 0. The molecule has 7 nitrogen and oxygen atoms in total. The van der Waals surface area contributed by atoms with Gasteiger partial charge in [0.1, 0.15) is 11.4 Å². The molecule has 3 rings (SSSR count). The molecule has 1 heterocycles. The van der Waals surface area contributed by atoms with Crippen molar-refractivity contribution in [2.45, 2.75) is 6.92 Å². The minimum absolute atomic E-state index is 0.00434. The number of ether oxygens (including phenoxy) is 2. The second kappa shape index (κ2) is 7.18. The van der Waals surface area contributed by atoms with Crippen LogP contribution in [0.25, 0.3) is 22.0 Å². The molecular formula is C19H16N2O5. The van der Waals surface area contributed by atoms with Crippen molar-refractivity contribution in [3.05, 3.63) is 64.3 Å². The third-order valence-corrected chi connectivity index (χ3v) is 3.89. The summed E-state index contributed by atoms with van der Waals surface area (Å²) in [5, 5.41) is 11.6. The van der Waals surface area contributed by atoms with E-state index < -0.39 is 10.9 Å². The van der Waals surface area contributed by atoms with E-state index >= 15 is 0 Å². The van der Waals surface area contributed by atoms with Crippen molar-refractivity contribution >= 4 is 22.6 Å². The van der Waals surface area contributed by atoms with Crippen LogP contribution < -0.4 is 4.74 Å². The number of carbonyl (C=O) groups is 1. The Morgan fingerprint density at radius 3 is 2.50 bits per heavy atom. The minimum Gasteiger partial charge on any atom is -0.497 e. The summed E-state index contributed by atoms with van der Waals surface area (Å²) in [5.41, 5.74) is 2.21. The Labute approximate surface area is 149 Å². The van der Waals surface area contributed by atoms with Crippen molar-refractivity contribution in [2.75, 3.05) is 13.7 Å². The number of hydrogen-bond donors (Lipinski definition) is 0. The van der Waals surface area contributed by atoms with Gasteiger partial charge in [-0.1, -0.05) is 0 Å². The van der Waals surface area contributed by atoms with Crippen LogP contribution in [-0.4, -0.2) is 29.6 Å². The van der Waals surface area contributed by atoms with Crippen LogP contribution in [0, 0.1) is 10.1 Å². The lowest BCUT2D eigenvalue weighted by atomic mass is 9.99. The van der Waals surface area contributed by atoms with Gasteiger partial charge in [0, 0.05) is 17.5 Å². The standard InChI is InChI=1S/C19H16N2O5/c1-3-26-19(22)18-11-15(12-4-6-13(7-5-12)21(23)24)16-10-14(25-2)8-9-17(16)20-18/h4-11H,3H2,1-2H3. The van der Waals surface area contributed by atoms with Crippen LogP contribution in [0.1, 0.15) is 17.4 Å². The Morgan fingerprint density at radius 2 is 1.88 bits per heavy atom. The number of carbonyl (C=O) groups excluding carboxylic acids is 1. The highest BCUT2D eigenvalue weighted by Crippen LogP contribution is 2.32. The number of aromatic nitrogens is 1. The first-order chi connectivity index (χ1) is 12.5. The lowest BCUT2D eigenvalue weighted by Gasteiger charge is -2.11. The molecule has 0 N–H and O–H groups in total. The first-order valence-corrected chi connectivity index (χ1v) is 7.94. The Bertz CT molecular complexity index is 983. The molecule has 0 aliphatic carbocycles. The van der Waals surface area contributed by atoms with E-state index in [0.717, 1.165) is 10.9 Å². The number of hydrogen-bond acceptors (Lipinski definition) is 6.